The van der Waals surface area contributed by atoms with Crippen LogP contribution in [0, 0.1) is 5.92 Å². The molecule has 0 bridgehead atoms. The molecule has 0 aliphatic carbocycles. The van der Waals surface area contributed by atoms with Crippen molar-refractivity contribution < 1.29 is 5.11 Å². The van der Waals surface area contributed by atoms with Crippen LogP contribution in [0.15, 0.2) is 22.7 Å². The van der Waals surface area contributed by atoms with Crippen LogP contribution in [0.1, 0.15) is 31.9 Å². The highest BCUT2D eigenvalue weighted by Crippen LogP contribution is 2.34. The van der Waals surface area contributed by atoms with Crippen molar-refractivity contribution in [1.29, 1.82) is 0 Å². The first-order chi connectivity index (χ1) is 6.57. The van der Waals surface area contributed by atoms with Crippen LogP contribution in [-0.4, -0.2) is 5.11 Å². The van der Waals surface area contributed by atoms with E-state index in [1.165, 1.54) is 0 Å². The van der Waals surface area contributed by atoms with E-state index in [1.54, 1.807) is 0 Å². The van der Waals surface area contributed by atoms with E-state index >= 15 is 0 Å². The first kappa shape index (κ1) is 11.5. The van der Waals surface area contributed by atoms with Crippen LogP contribution in [0.5, 0.6) is 5.75 Å². The Morgan fingerprint density at radius 2 is 2.14 bits per heavy atom. The van der Waals surface area contributed by atoms with Crippen LogP contribution in [-0.2, 0) is 0 Å². The van der Waals surface area contributed by atoms with E-state index in [-0.39, 0.29) is 11.8 Å². The molecule has 1 rings (SSSR count). The molecule has 0 aliphatic heterocycles. The summed E-state index contributed by atoms with van der Waals surface area (Å²) in [7, 11) is 0. The molecule has 0 amide bonds. The van der Waals surface area contributed by atoms with Crippen molar-refractivity contribution in [3.8, 4) is 5.75 Å². The maximum absolute atomic E-state index is 9.79. The Hall–Kier alpha value is -0.540. The lowest BCUT2D eigenvalue weighted by molar-refractivity contribution is 0.417. The van der Waals surface area contributed by atoms with Crippen LogP contribution in [0.25, 0.3) is 0 Å². The number of hydrogen-bond acceptors (Lipinski definition) is 2. The van der Waals surface area contributed by atoms with Crippen molar-refractivity contribution in [2.45, 2.75) is 26.3 Å². The Bertz CT molecular complexity index is 314. The molecule has 1 unspecified atom stereocenters. The lowest BCUT2D eigenvalue weighted by atomic mass is 9.93. The average molecular weight is 258 g/mol. The minimum Gasteiger partial charge on any atom is -0.506 e. The van der Waals surface area contributed by atoms with E-state index in [0.717, 1.165) is 12.0 Å². The monoisotopic (exact) mass is 257 g/mol. The number of aromatic hydroxyl groups is 1. The molecule has 0 saturated carbocycles. The zero-order valence-electron chi connectivity index (χ0n) is 8.50. The molecule has 3 heteroatoms. The van der Waals surface area contributed by atoms with E-state index in [0.29, 0.717) is 10.4 Å². The van der Waals surface area contributed by atoms with Gasteiger partial charge in [0.25, 0.3) is 0 Å². The molecule has 2 nitrogen and oxygen atoms in total. The van der Waals surface area contributed by atoms with Gasteiger partial charge in [-0.05, 0) is 27.9 Å². The standard InChI is InChI=1S/C11H16BrNO/c1-3-7(2)10(13)8-5-4-6-9(12)11(8)14/h4-7,10,14H,3,13H2,1-2H3/t7?,10-/m0/s1. The summed E-state index contributed by atoms with van der Waals surface area (Å²) in [6, 6.07) is 5.47. The van der Waals surface area contributed by atoms with Crippen LogP contribution in [0.4, 0.5) is 0 Å². The maximum atomic E-state index is 9.79. The first-order valence-corrected chi connectivity index (χ1v) is 5.60. The smallest absolute Gasteiger partial charge is 0.134 e. The zero-order chi connectivity index (χ0) is 10.7. The van der Waals surface area contributed by atoms with Gasteiger partial charge in [-0.3, -0.25) is 0 Å². The molecule has 0 aromatic heterocycles. The van der Waals surface area contributed by atoms with Gasteiger partial charge >= 0.3 is 0 Å². The molecular formula is C11H16BrNO. The van der Waals surface area contributed by atoms with Crippen molar-refractivity contribution in [3.63, 3.8) is 0 Å². The van der Waals surface area contributed by atoms with Crippen LogP contribution in [0.3, 0.4) is 0 Å². The van der Waals surface area contributed by atoms with Gasteiger partial charge in [0.05, 0.1) is 4.47 Å². The molecule has 0 radical (unpaired) electrons. The number of para-hydroxylation sites is 1. The van der Waals surface area contributed by atoms with Crippen molar-refractivity contribution in [2.75, 3.05) is 0 Å². The number of phenols is 1. The fourth-order valence-corrected chi connectivity index (χ4v) is 1.74. The summed E-state index contributed by atoms with van der Waals surface area (Å²) in [5.74, 6) is 0.635. The second-order valence-electron chi connectivity index (χ2n) is 3.59. The van der Waals surface area contributed by atoms with Gasteiger partial charge in [0.1, 0.15) is 5.75 Å². The van der Waals surface area contributed by atoms with Crippen LogP contribution >= 0.6 is 15.9 Å². The topological polar surface area (TPSA) is 46.2 Å². The molecule has 0 aliphatic rings. The third kappa shape index (κ3) is 2.28. The molecule has 0 spiro atoms. The van der Waals surface area contributed by atoms with Crippen molar-refractivity contribution in [1.82, 2.24) is 0 Å². The largest absolute Gasteiger partial charge is 0.506 e. The normalized spacial score (nSPS) is 15.1. The molecule has 1 aromatic carbocycles. The number of rotatable bonds is 3. The average Bonchev–Trinajstić information content (AvgIpc) is 2.20. The summed E-state index contributed by atoms with van der Waals surface area (Å²) in [6.07, 6.45) is 1.01. The van der Waals surface area contributed by atoms with E-state index < -0.39 is 0 Å². The number of phenolic OH excluding ortho intramolecular Hbond substituents is 1. The summed E-state index contributed by atoms with van der Waals surface area (Å²) in [6.45, 7) is 4.19. The molecular weight excluding hydrogens is 242 g/mol. The van der Waals surface area contributed by atoms with Gasteiger partial charge in [-0.25, -0.2) is 0 Å². The Balaban J connectivity index is 3.01. The zero-order valence-corrected chi connectivity index (χ0v) is 10.1. The molecule has 0 saturated heterocycles. The minimum absolute atomic E-state index is 0.0995. The molecule has 1 aromatic rings. The Labute approximate surface area is 93.3 Å². The summed E-state index contributed by atoms with van der Waals surface area (Å²) in [4.78, 5) is 0. The van der Waals surface area contributed by atoms with E-state index in [4.69, 9.17) is 5.73 Å². The van der Waals surface area contributed by atoms with Gasteiger partial charge < -0.3 is 10.8 Å². The van der Waals surface area contributed by atoms with Gasteiger partial charge in [0.2, 0.25) is 0 Å². The number of nitrogens with two attached hydrogens (primary N) is 1. The fraction of sp³-hybridized carbons (Fsp3) is 0.455. The predicted molar refractivity (Wildman–Crippen MR) is 62.2 cm³/mol. The van der Waals surface area contributed by atoms with E-state index in [2.05, 4.69) is 29.8 Å². The minimum atomic E-state index is -0.0995. The van der Waals surface area contributed by atoms with Gasteiger partial charge in [0, 0.05) is 11.6 Å². The van der Waals surface area contributed by atoms with Crippen LogP contribution in [0.2, 0.25) is 0 Å². The summed E-state index contributed by atoms with van der Waals surface area (Å²) in [5, 5.41) is 9.79. The van der Waals surface area contributed by atoms with Gasteiger partial charge in [-0.15, -0.1) is 0 Å². The quantitative estimate of drug-likeness (QED) is 0.874. The molecule has 0 heterocycles. The Kier molecular flexibility index (Phi) is 3.96. The SMILES string of the molecule is CCC(C)[C@H](N)c1cccc(Br)c1O. The highest BCUT2D eigenvalue weighted by atomic mass is 79.9. The van der Waals surface area contributed by atoms with Crippen molar-refractivity contribution >= 4 is 15.9 Å². The second-order valence-corrected chi connectivity index (χ2v) is 4.44. The summed E-state index contributed by atoms with van der Waals surface area (Å²) < 4.78 is 0.703. The van der Waals surface area contributed by atoms with Gasteiger partial charge in [-0.1, -0.05) is 32.4 Å². The van der Waals surface area contributed by atoms with Crippen LogP contribution < -0.4 is 5.73 Å². The Morgan fingerprint density at radius 3 is 2.71 bits per heavy atom. The van der Waals surface area contributed by atoms with E-state index in [1.807, 2.05) is 18.2 Å². The summed E-state index contributed by atoms with van der Waals surface area (Å²) >= 11 is 3.28. The molecule has 14 heavy (non-hydrogen) atoms. The molecule has 3 N–H and O–H groups in total. The fourth-order valence-electron chi connectivity index (χ4n) is 1.36. The lowest BCUT2D eigenvalue weighted by Gasteiger charge is -2.20. The van der Waals surface area contributed by atoms with E-state index in [9.17, 15) is 5.11 Å². The third-order valence-electron chi connectivity index (χ3n) is 2.63. The predicted octanol–water partition coefficient (Wildman–Crippen LogP) is 3.20. The number of benzene rings is 1. The Morgan fingerprint density at radius 1 is 1.50 bits per heavy atom. The molecule has 2 atom stereocenters. The van der Waals surface area contributed by atoms with Gasteiger partial charge in [-0.2, -0.15) is 0 Å². The van der Waals surface area contributed by atoms with Crippen molar-refractivity contribution in [2.24, 2.45) is 11.7 Å². The molecule has 78 valence electrons. The number of hydrogen-bond donors (Lipinski definition) is 2. The third-order valence-corrected chi connectivity index (χ3v) is 3.27. The maximum Gasteiger partial charge on any atom is 0.134 e. The molecule has 0 fully saturated rings. The lowest BCUT2D eigenvalue weighted by Crippen LogP contribution is -2.18. The second kappa shape index (κ2) is 4.80. The van der Waals surface area contributed by atoms with Gasteiger partial charge in [0.15, 0.2) is 0 Å². The summed E-state index contributed by atoms with van der Waals surface area (Å²) in [5.41, 5.74) is 6.85. The number of halogens is 1. The highest BCUT2D eigenvalue weighted by molar-refractivity contribution is 9.10. The van der Waals surface area contributed by atoms with Crippen molar-refractivity contribution in [3.05, 3.63) is 28.2 Å². The first-order valence-electron chi connectivity index (χ1n) is 4.80. The highest BCUT2D eigenvalue weighted by Gasteiger charge is 2.17.